The van der Waals surface area contributed by atoms with Crippen molar-refractivity contribution in [1.82, 2.24) is 43.4 Å². The molecule has 28 nitrogen and oxygen atoms in total. The van der Waals surface area contributed by atoms with E-state index in [9.17, 15) is 47.9 Å². The molecule has 0 fully saturated rings. The normalized spacial score (nSPS) is 13.6. The molecular formula is C76H66I2N12O16. The van der Waals surface area contributed by atoms with Crippen LogP contribution in [0.15, 0.2) is 165 Å². The summed E-state index contributed by atoms with van der Waals surface area (Å²) in [4.78, 5) is 124. The summed E-state index contributed by atoms with van der Waals surface area (Å²) in [5.41, 5.74) is 18.7. The van der Waals surface area contributed by atoms with E-state index in [0.717, 1.165) is 76.5 Å². The van der Waals surface area contributed by atoms with Crippen molar-refractivity contribution in [1.29, 1.82) is 0 Å². The smallest absolute Gasteiger partial charge is 0.329 e. The standard InChI is InChI=1S/C49H40N8O8.C22H18N4O2.C5H8O6.I2/c1-54-19-32(28-9-5-7-11-36(28)54)42-44(48(62)52-46(42)60)34-21-56(3)38-17-26(13-15-30(34)38)50-40(58)23-64-25-65-24-41(59)51-27-14-16-31-35(22-57(4)39(31)18-27)45-43(47(61)53-49(45)63)33-20-55(2)37-12-8-6-10-29(33)37;1-25-10-15(13-5-3-4-6-17(13)25)19-20(22(28)24-21(19)27)16-11-26(2)18-9-12(23)7-8-14(16)18;6-4(7)1-10-3-11-2-5(8)9;1-2/h5-22H,23-25H2,1-4H3,(H,50,58)(H,51,59)(H,52,60,62)(H,53,61,63);3-11H,23H2,1-2H3,(H,24,27,28);1-3H2,(H,6,7)(H,8,9);. The number of nitrogens with zero attached hydrogens (tertiary/aromatic N) is 6. The fraction of sp³-hybridized carbons (Fsp3) is 0.158. The van der Waals surface area contributed by atoms with Crippen molar-refractivity contribution in [3.63, 3.8) is 0 Å². The van der Waals surface area contributed by atoms with Crippen LogP contribution < -0.4 is 32.3 Å². The number of anilines is 3. The number of fused-ring (bicyclic) bond motifs is 6. The number of hydrogen-bond donors (Lipinski definition) is 8. The highest BCUT2D eigenvalue weighted by atomic mass is 128. The average Bonchev–Trinajstić information content (AvgIpc) is 1.60. The van der Waals surface area contributed by atoms with Crippen molar-refractivity contribution in [2.75, 3.05) is 56.4 Å². The lowest BCUT2D eigenvalue weighted by molar-refractivity contribution is -0.154. The molecule has 9 N–H and O–H groups in total. The zero-order valence-electron chi connectivity index (χ0n) is 57.5. The number of carboxylic acid groups (broad SMARTS) is 2. The maximum Gasteiger partial charge on any atom is 0.329 e. The summed E-state index contributed by atoms with van der Waals surface area (Å²) < 4.78 is 30.9. The number of imide groups is 3. The molecule has 0 unspecified atom stereocenters. The molecule has 0 radical (unpaired) electrons. The monoisotopic (exact) mass is 1660 g/mol. The van der Waals surface area contributed by atoms with Crippen LogP contribution in [0.3, 0.4) is 0 Å². The Hall–Kier alpha value is -11.8. The topological polar surface area (TPSA) is 364 Å². The van der Waals surface area contributed by atoms with E-state index in [0.29, 0.717) is 61.6 Å². The molecule has 0 saturated carbocycles. The molecule has 6 aromatic heterocycles. The van der Waals surface area contributed by atoms with Gasteiger partial charge in [0.05, 0.1) is 50.0 Å². The Morgan fingerprint density at radius 3 is 0.896 bits per heavy atom. The number of benzene rings is 6. The molecule has 3 aliphatic heterocycles. The minimum atomic E-state index is -1.12. The molecule has 6 aromatic carbocycles. The van der Waals surface area contributed by atoms with Crippen LogP contribution in [-0.2, 0) is 109 Å². The summed E-state index contributed by atoms with van der Waals surface area (Å²) >= 11 is 4.24. The summed E-state index contributed by atoms with van der Waals surface area (Å²) in [5, 5.41) is 34.1. The number of halogens is 2. The highest BCUT2D eigenvalue weighted by Gasteiger charge is 2.38. The third kappa shape index (κ3) is 14.7. The summed E-state index contributed by atoms with van der Waals surface area (Å²) in [7, 11) is 11.3. The number of para-hydroxylation sites is 3. The van der Waals surface area contributed by atoms with Crippen LogP contribution in [0.4, 0.5) is 17.1 Å². The molecule has 8 amide bonds. The second-order valence-electron chi connectivity index (χ2n) is 24.8. The van der Waals surface area contributed by atoms with Gasteiger partial charge in [0.25, 0.3) is 35.4 Å². The molecule has 15 rings (SSSR count). The number of ether oxygens (including phenoxy) is 4. The van der Waals surface area contributed by atoms with Gasteiger partial charge in [-0.15, -0.1) is 0 Å². The average molecular weight is 1660 g/mol. The first-order valence-electron chi connectivity index (χ1n) is 32.4. The number of carboxylic acids is 2. The lowest BCUT2D eigenvalue weighted by Crippen LogP contribution is -2.22. The first-order valence-corrected chi connectivity index (χ1v) is 38.7. The van der Waals surface area contributed by atoms with Crippen molar-refractivity contribution in [3.8, 4) is 0 Å². The number of nitrogen functional groups attached to an aromatic ring is 1. The maximum atomic E-state index is 13.3. The highest BCUT2D eigenvalue weighted by Crippen LogP contribution is 2.43. The maximum absolute atomic E-state index is 13.3. The second kappa shape index (κ2) is 31.2. The molecule has 0 spiro atoms. The number of carbonyl (C=O) groups excluding carboxylic acids is 8. The Labute approximate surface area is 625 Å². The molecule has 30 heteroatoms. The van der Waals surface area contributed by atoms with Crippen molar-refractivity contribution in [3.05, 3.63) is 198 Å². The van der Waals surface area contributed by atoms with Crippen LogP contribution in [0.2, 0.25) is 0 Å². The van der Waals surface area contributed by atoms with Crippen molar-refractivity contribution < 1.29 is 77.1 Å². The molecule has 3 aliphatic rings. The summed E-state index contributed by atoms with van der Waals surface area (Å²) in [5.74, 6) is -5.79. The van der Waals surface area contributed by atoms with Gasteiger partial charge in [-0.25, -0.2) is 9.59 Å². The third-order valence-corrected chi connectivity index (χ3v) is 17.9. The number of aryl methyl sites for hydroxylation is 6. The number of hydrogen-bond acceptors (Lipinski definition) is 15. The number of carbonyl (C=O) groups is 10. The van der Waals surface area contributed by atoms with Gasteiger partial charge in [-0.1, -0.05) is 72.8 Å². The van der Waals surface area contributed by atoms with Gasteiger partial charge in [0, 0.05) is 216 Å². The fourth-order valence-corrected chi connectivity index (χ4v) is 13.5. The Balaban J connectivity index is 0.000000210. The van der Waals surface area contributed by atoms with E-state index in [1.54, 1.807) is 54.9 Å². The first kappa shape index (κ1) is 73.9. The zero-order chi connectivity index (χ0) is 75.5. The van der Waals surface area contributed by atoms with Crippen LogP contribution in [0.5, 0.6) is 0 Å². The van der Waals surface area contributed by atoms with Gasteiger partial charge < -0.3 is 72.9 Å². The minimum absolute atomic E-state index is 0.280. The number of rotatable bonds is 20. The van der Waals surface area contributed by atoms with E-state index in [1.807, 2.05) is 179 Å². The van der Waals surface area contributed by atoms with Crippen molar-refractivity contribution in [2.24, 2.45) is 42.3 Å². The summed E-state index contributed by atoms with van der Waals surface area (Å²) in [6.07, 6.45) is 11.1. The van der Waals surface area contributed by atoms with Gasteiger partial charge in [0.15, 0.2) is 0 Å². The molecule has 0 atom stereocenters. The number of aliphatic carboxylic acids is 2. The van der Waals surface area contributed by atoms with Gasteiger partial charge in [-0.2, -0.15) is 0 Å². The van der Waals surface area contributed by atoms with Crippen LogP contribution in [0.25, 0.3) is 98.9 Å². The Kier molecular flexibility index (Phi) is 21.8. The largest absolute Gasteiger partial charge is 0.480 e. The molecule has 0 aliphatic carbocycles. The molecular weight excluding hydrogens is 1590 g/mol. The van der Waals surface area contributed by atoms with Gasteiger partial charge in [-0.05, 0) is 54.6 Å². The summed E-state index contributed by atoms with van der Waals surface area (Å²) in [6, 6.07) is 39.3. The predicted octanol–water partition coefficient (Wildman–Crippen LogP) is 9.09. The molecule has 106 heavy (non-hydrogen) atoms. The van der Waals surface area contributed by atoms with E-state index in [4.69, 9.17) is 25.4 Å². The van der Waals surface area contributed by atoms with E-state index >= 15 is 0 Å². The molecule has 540 valence electrons. The lowest BCUT2D eigenvalue weighted by atomic mass is 9.95. The Bertz CT molecular complexity index is 5560. The lowest BCUT2D eigenvalue weighted by Gasteiger charge is -2.09. The number of nitrogens with two attached hydrogens (primary N) is 1. The van der Waals surface area contributed by atoms with Crippen molar-refractivity contribution in [2.45, 2.75) is 0 Å². The van der Waals surface area contributed by atoms with Crippen LogP contribution >= 0.6 is 37.2 Å². The van der Waals surface area contributed by atoms with Gasteiger partial charge in [0.1, 0.15) is 40.0 Å². The van der Waals surface area contributed by atoms with Gasteiger partial charge in [-0.3, -0.25) is 54.3 Å². The number of amides is 8. The fourth-order valence-electron chi connectivity index (χ4n) is 13.5. The van der Waals surface area contributed by atoms with Gasteiger partial charge >= 0.3 is 11.9 Å². The quantitative estimate of drug-likeness (QED) is 0.0116. The SMILES string of the molecule is Cn1cc(C2=C(c3cn(C)c4cc(N)ccc34)C(=O)NC2=O)c2ccccc21.Cn1cc(C2=C(c3cn(C)c4cc(NC(=O)COCOCC(=O)Nc5ccc6c(C7=C(c8cn(C)c9ccccc89)C(=O)NC7=O)cn(C)c6c5)ccc34)C(=O)NC2=O)c2ccccc21.II.O=C(O)COCOCC(=O)O. The van der Waals surface area contributed by atoms with Gasteiger partial charge in [0.2, 0.25) is 11.8 Å². The molecule has 12 aromatic rings. The highest BCUT2D eigenvalue weighted by molar-refractivity contribution is 15.0. The number of nitrogens with one attached hydrogen (secondary N) is 5. The predicted molar refractivity (Wildman–Crippen MR) is 416 cm³/mol. The van der Waals surface area contributed by atoms with Crippen LogP contribution in [0, 0.1) is 0 Å². The van der Waals surface area contributed by atoms with Crippen LogP contribution in [-0.4, -0.2) is 137 Å². The van der Waals surface area contributed by atoms with E-state index in [-0.39, 0.29) is 49.8 Å². The Morgan fingerprint density at radius 2 is 0.604 bits per heavy atom. The number of aromatic nitrogens is 6. The van der Waals surface area contributed by atoms with E-state index in [2.05, 4.69) is 73.3 Å². The van der Waals surface area contributed by atoms with E-state index < -0.39 is 60.6 Å². The zero-order valence-corrected chi connectivity index (χ0v) is 61.8. The van der Waals surface area contributed by atoms with Crippen LogP contribution in [0.1, 0.15) is 33.4 Å². The third-order valence-electron chi connectivity index (χ3n) is 17.9. The molecule has 9 heterocycles. The summed E-state index contributed by atoms with van der Waals surface area (Å²) in [6.45, 7) is -2.32. The molecule has 0 bridgehead atoms. The van der Waals surface area contributed by atoms with E-state index in [1.165, 1.54) is 0 Å². The molecule has 0 saturated heterocycles. The second-order valence-corrected chi connectivity index (χ2v) is 24.8. The first-order chi connectivity index (χ1) is 50.9. The Morgan fingerprint density at radius 1 is 0.358 bits per heavy atom. The minimum Gasteiger partial charge on any atom is -0.480 e. The van der Waals surface area contributed by atoms with Crippen molar-refractivity contribution >= 4 is 212 Å².